The second-order valence-electron chi connectivity index (χ2n) is 6.17. The maximum atomic E-state index is 12.0. The highest BCUT2D eigenvalue weighted by atomic mass is 16.5. The topological polar surface area (TPSA) is 79.5 Å². The van der Waals surface area contributed by atoms with Gasteiger partial charge in [-0.2, -0.15) is 0 Å². The zero-order chi connectivity index (χ0) is 16.8. The minimum Gasteiger partial charge on any atom is -0.491 e. The number of carbonyl (C=O) groups is 2. The Morgan fingerprint density at radius 2 is 2.00 bits per heavy atom. The van der Waals surface area contributed by atoms with Crippen LogP contribution in [0.2, 0.25) is 0 Å². The average Bonchev–Trinajstić information content (AvgIpc) is 2.93. The average molecular weight is 319 g/mol. The number of carbonyl (C=O) groups excluding carboxylic acids is 2. The normalized spacial score (nSPS) is 18.3. The van der Waals surface area contributed by atoms with E-state index in [2.05, 4.69) is 16.0 Å². The first kappa shape index (κ1) is 17.1. The van der Waals surface area contributed by atoms with Crippen LogP contribution in [0, 0.1) is 0 Å². The van der Waals surface area contributed by atoms with Gasteiger partial charge in [-0.1, -0.05) is 12.1 Å². The highest BCUT2D eigenvalue weighted by Crippen LogP contribution is 2.15. The molecular formula is C17H25N3O3. The molecule has 1 heterocycles. The van der Waals surface area contributed by atoms with Gasteiger partial charge in [0, 0.05) is 12.6 Å². The molecule has 0 saturated carbocycles. The third-order valence-electron chi connectivity index (χ3n) is 3.64. The fraction of sp³-hybridized carbons (Fsp3) is 0.529. The van der Waals surface area contributed by atoms with Crippen LogP contribution in [0.3, 0.4) is 0 Å². The largest absolute Gasteiger partial charge is 0.491 e. The van der Waals surface area contributed by atoms with E-state index >= 15 is 0 Å². The van der Waals surface area contributed by atoms with E-state index < -0.39 is 6.04 Å². The first-order valence-electron chi connectivity index (χ1n) is 8.04. The summed E-state index contributed by atoms with van der Waals surface area (Å²) in [6.45, 7) is 6.31. The summed E-state index contributed by atoms with van der Waals surface area (Å²) in [5.74, 6) is 0.728. The third kappa shape index (κ3) is 5.47. The first-order chi connectivity index (χ1) is 10.9. The molecule has 0 spiro atoms. The number of hydrogen-bond donors (Lipinski definition) is 3. The zero-order valence-corrected chi connectivity index (χ0v) is 13.9. The molecule has 2 rings (SSSR count). The molecule has 6 heteroatoms. The van der Waals surface area contributed by atoms with Crippen LogP contribution in [-0.4, -0.2) is 36.7 Å². The zero-order valence-electron chi connectivity index (χ0n) is 13.9. The fourth-order valence-corrected chi connectivity index (χ4v) is 2.42. The molecular weight excluding hydrogens is 294 g/mol. The van der Waals surface area contributed by atoms with Crippen LogP contribution in [0.4, 0.5) is 4.79 Å². The molecule has 0 bridgehead atoms. The number of rotatable bonds is 7. The molecule has 2 atom stereocenters. The molecule has 1 saturated heterocycles. The molecule has 1 aliphatic heterocycles. The number of benzene rings is 1. The van der Waals surface area contributed by atoms with Crippen molar-refractivity contribution in [2.75, 3.05) is 6.54 Å². The SMILES string of the molecule is CC(C)Oc1ccc(CC[C@H](C)NC(=O)[C@H]2CNC(=O)N2)cc1. The summed E-state index contributed by atoms with van der Waals surface area (Å²) in [4.78, 5) is 23.0. The van der Waals surface area contributed by atoms with Crippen molar-refractivity contribution in [2.24, 2.45) is 0 Å². The molecule has 1 fully saturated rings. The highest BCUT2D eigenvalue weighted by molar-refractivity contribution is 5.90. The van der Waals surface area contributed by atoms with E-state index in [-0.39, 0.29) is 24.1 Å². The molecule has 3 amide bonds. The van der Waals surface area contributed by atoms with Crippen molar-refractivity contribution < 1.29 is 14.3 Å². The van der Waals surface area contributed by atoms with Crippen molar-refractivity contribution in [2.45, 2.75) is 51.8 Å². The van der Waals surface area contributed by atoms with Gasteiger partial charge in [-0.3, -0.25) is 4.79 Å². The lowest BCUT2D eigenvalue weighted by atomic mass is 10.1. The Hall–Kier alpha value is -2.24. The molecule has 126 valence electrons. The van der Waals surface area contributed by atoms with Crippen molar-refractivity contribution in [1.29, 1.82) is 0 Å². The van der Waals surface area contributed by atoms with Gasteiger partial charge in [-0.25, -0.2) is 4.79 Å². The van der Waals surface area contributed by atoms with E-state index in [0.29, 0.717) is 6.54 Å². The summed E-state index contributed by atoms with van der Waals surface area (Å²) in [5.41, 5.74) is 1.21. The lowest BCUT2D eigenvalue weighted by molar-refractivity contribution is -0.123. The summed E-state index contributed by atoms with van der Waals surface area (Å²) in [6.07, 6.45) is 1.88. The van der Waals surface area contributed by atoms with Crippen LogP contribution in [0.25, 0.3) is 0 Å². The van der Waals surface area contributed by atoms with Crippen molar-refractivity contribution in [3.8, 4) is 5.75 Å². The Morgan fingerprint density at radius 1 is 1.30 bits per heavy atom. The maximum Gasteiger partial charge on any atom is 0.315 e. The molecule has 23 heavy (non-hydrogen) atoms. The molecule has 1 aromatic rings. The van der Waals surface area contributed by atoms with Gasteiger partial charge in [-0.15, -0.1) is 0 Å². The Morgan fingerprint density at radius 3 is 2.57 bits per heavy atom. The molecule has 0 radical (unpaired) electrons. The van der Waals surface area contributed by atoms with E-state index in [0.717, 1.165) is 18.6 Å². The molecule has 6 nitrogen and oxygen atoms in total. The monoisotopic (exact) mass is 319 g/mol. The van der Waals surface area contributed by atoms with E-state index in [9.17, 15) is 9.59 Å². The van der Waals surface area contributed by atoms with Crippen molar-refractivity contribution in [3.05, 3.63) is 29.8 Å². The fourth-order valence-electron chi connectivity index (χ4n) is 2.42. The Labute approximate surface area is 137 Å². The Balaban J connectivity index is 1.74. The van der Waals surface area contributed by atoms with Gasteiger partial charge in [-0.05, 0) is 51.3 Å². The van der Waals surface area contributed by atoms with Gasteiger partial charge in [0.2, 0.25) is 5.91 Å². The molecule has 1 aromatic carbocycles. The molecule has 3 N–H and O–H groups in total. The van der Waals surface area contributed by atoms with Crippen molar-refractivity contribution >= 4 is 11.9 Å². The number of amides is 3. The predicted octanol–water partition coefficient (Wildman–Crippen LogP) is 1.59. The van der Waals surface area contributed by atoms with E-state index in [1.165, 1.54) is 5.56 Å². The second kappa shape index (κ2) is 7.85. The van der Waals surface area contributed by atoms with Crippen LogP contribution in [0.1, 0.15) is 32.8 Å². The highest BCUT2D eigenvalue weighted by Gasteiger charge is 2.27. The molecule has 0 aromatic heterocycles. The number of aryl methyl sites for hydroxylation is 1. The van der Waals surface area contributed by atoms with Gasteiger partial charge in [0.1, 0.15) is 11.8 Å². The lowest BCUT2D eigenvalue weighted by Crippen LogP contribution is -2.46. The van der Waals surface area contributed by atoms with E-state index in [1.54, 1.807) is 0 Å². The summed E-state index contributed by atoms with van der Waals surface area (Å²) in [7, 11) is 0. The summed E-state index contributed by atoms with van der Waals surface area (Å²) >= 11 is 0. The Kier molecular flexibility index (Phi) is 5.84. The molecule has 0 unspecified atom stereocenters. The molecule has 1 aliphatic rings. The van der Waals surface area contributed by atoms with Gasteiger partial charge in [0.05, 0.1) is 6.10 Å². The molecule has 0 aliphatic carbocycles. The van der Waals surface area contributed by atoms with Crippen LogP contribution >= 0.6 is 0 Å². The summed E-state index contributed by atoms with van der Waals surface area (Å²) < 4.78 is 5.62. The smallest absolute Gasteiger partial charge is 0.315 e. The van der Waals surface area contributed by atoms with E-state index in [1.807, 2.05) is 45.0 Å². The number of ether oxygens (including phenoxy) is 1. The standard InChI is InChI=1S/C17H25N3O3/c1-11(2)23-14-8-6-13(7-9-14)5-4-12(3)19-16(21)15-10-18-17(22)20-15/h6-9,11-12,15H,4-5,10H2,1-3H3,(H,19,21)(H2,18,20,22)/t12-,15+/m0/s1. The van der Waals surface area contributed by atoms with Crippen LogP contribution in [0.5, 0.6) is 5.75 Å². The first-order valence-corrected chi connectivity index (χ1v) is 8.04. The van der Waals surface area contributed by atoms with Gasteiger partial charge < -0.3 is 20.7 Å². The van der Waals surface area contributed by atoms with Crippen LogP contribution in [0.15, 0.2) is 24.3 Å². The van der Waals surface area contributed by atoms with Crippen molar-refractivity contribution in [1.82, 2.24) is 16.0 Å². The number of hydrogen-bond acceptors (Lipinski definition) is 3. The van der Waals surface area contributed by atoms with Crippen LogP contribution < -0.4 is 20.7 Å². The van der Waals surface area contributed by atoms with Gasteiger partial charge in [0.15, 0.2) is 0 Å². The predicted molar refractivity (Wildman–Crippen MR) is 88.5 cm³/mol. The third-order valence-corrected chi connectivity index (χ3v) is 3.64. The quantitative estimate of drug-likeness (QED) is 0.714. The number of nitrogens with one attached hydrogen (secondary N) is 3. The van der Waals surface area contributed by atoms with E-state index in [4.69, 9.17) is 4.74 Å². The lowest BCUT2D eigenvalue weighted by Gasteiger charge is -2.16. The second-order valence-corrected chi connectivity index (χ2v) is 6.17. The van der Waals surface area contributed by atoms with Crippen LogP contribution in [-0.2, 0) is 11.2 Å². The van der Waals surface area contributed by atoms with Gasteiger partial charge >= 0.3 is 6.03 Å². The summed E-state index contributed by atoms with van der Waals surface area (Å²) in [5, 5.41) is 8.09. The van der Waals surface area contributed by atoms with Gasteiger partial charge in [0.25, 0.3) is 0 Å². The summed E-state index contributed by atoms with van der Waals surface area (Å²) in [6, 6.07) is 7.32. The minimum atomic E-state index is -0.475. The maximum absolute atomic E-state index is 12.0. The van der Waals surface area contributed by atoms with Crippen molar-refractivity contribution in [3.63, 3.8) is 0 Å². The number of urea groups is 1. The minimum absolute atomic E-state index is 0.0478. The Bertz CT molecular complexity index is 543.